The summed E-state index contributed by atoms with van der Waals surface area (Å²) in [5.74, 6) is 1.41. The molecule has 0 saturated carbocycles. The fourth-order valence-corrected chi connectivity index (χ4v) is 1.73. The molecule has 1 aromatic heterocycles. The predicted molar refractivity (Wildman–Crippen MR) is 64.2 cm³/mol. The molecule has 0 atom stereocenters. The van der Waals surface area contributed by atoms with Crippen molar-refractivity contribution < 1.29 is 13.9 Å². The molecule has 1 aromatic carbocycles. The number of methoxy groups -OCH3 is 2. The molecule has 0 aliphatic carbocycles. The van der Waals surface area contributed by atoms with E-state index in [-0.39, 0.29) is 6.01 Å². The topological polar surface area (TPSA) is 70.5 Å². The first-order valence-electron chi connectivity index (χ1n) is 5.09. The summed E-state index contributed by atoms with van der Waals surface area (Å²) in [7, 11) is 3.21. The number of aryl methyl sites for hydroxylation is 1. The zero-order valence-corrected chi connectivity index (χ0v) is 9.98. The maximum Gasteiger partial charge on any atom is 0.292 e. The normalized spacial score (nSPS) is 10.3. The molecule has 2 rings (SSSR count). The lowest BCUT2D eigenvalue weighted by Gasteiger charge is -2.11. The fraction of sp³-hybridized carbons (Fsp3) is 0.250. The van der Waals surface area contributed by atoms with Crippen molar-refractivity contribution >= 4 is 6.01 Å². The van der Waals surface area contributed by atoms with Crippen molar-refractivity contribution in [2.75, 3.05) is 20.0 Å². The van der Waals surface area contributed by atoms with Crippen LogP contribution < -0.4 is 15.2 Å². The Labute approximate surface area is 99.2 Å². The van der Waals surface area contributed by atoms with Gasteiger partial charge in [-0.15, -0.1) is 0 Å². The first-order valence-corrected chi connectivity index (χ1v) is 5.09. The van der Waals surface area contributed by atoms with E-state index < -0.39 is 0 Å². The third-order valence-electron chi connectivity index (χ3n) is 2.51. The van der Waals surface area contributed by atoms with Crippen LogP contribution in [0, 0.1) is 6.92 Å². The van der Waals surface area contributed by atoms with Gasteiger partial charge in [0, 0.05) is 11.6 Å². The maximum atomic E-state index is 5.47. The lowest BCUT2D eigenvalue weighted by molar-refractivity contribution is 0.395. The molecule has 1 heterocycles. The monoisotopic (exact) mass is 234 g/mol. The van der Waals surface area contributed by atoms with Crippen molar-refractivity contribution in [1.29, 1.82) is 0 Å². The van der Waals surface area contributed by atoms with Crippen molar-refractivity contribution in [2.24, 2.45) is 0 Å². The molecule has 17 heavy (non-hydrogen) atoms. The number of nitrogen functional groups attached to an aromatic ring is 1. The summed E-state index contributed by atoms with van der Waals surface area (Å²) < 4.78 is 15.5. The van der Waals surface area contributed by atoms with Crippen LogP contribution in [0.3, 0.4) is 0 Å². The molecule has 0 aliphatic heterocycles. The molecule has 0 radical (unpaired) electrons. The Morgan fingerprint density at radius 3 is 2.53 bits per heavy atom. The summed E-state index contributed by atoms with van der Waals surface area (Å²) in [5.41, 5.74) is 7.96. The average Bonchev–Trinajstić information content (AvgIpc) is 2.74. The minimum Gasteiger partial charge on any atom is -0.497 e. The van der Waals surface area contributed by atoms with Crippen LogP contribution in [0.15, 0.2) is 22.8 Å². The van der Waals surface area contributed by atoms with E-state index in [2.05, 4.69) is 4.98 Å². The second-order valence-electron chi connectivity index (χ2n) is 3.59. The van der Waals surface area contributed by atoms with Gasteiger partial charge in [-0.25, -0.2) is 0 Å². The minimum atomic E-state index is 0.136. The van der Waals surface area contributed by atoms with Gasteiger partial charge in [0.1, 0.15) is 23.5 Å². The highest BCUT2D eigenvalue weighted by molar-refractivity contribution is 5.72. The van der Waals surface area contributed by atoms with Gasteiger partial charge in [0.25, 0.3) is 6.01 Å². The van der Waals surface area contributed by atoms with E-state index in [4.69, 9.17) is 19.6 Å². The summed E-state index contributed by atoms with van der Waals surface area (Å²) in [6, 6.07) is 3.84. The Morgan fingerprint density at radius 2 is 2.00 bits per heavy atom. The third kappa shape index (κ3) is 2.04. The molecule has 0 saturated heterocycles. The van der Waals surface area contributed by atoms with Crippen molar-refractivity contribution in [2.45, 2.75) is 6.92 Å². The summed E-state index contributed by atoms with van der Waals surface area (Å²) >= 11 is 0. The molecule has 0 fully saturated rings. The molecule has 5 nitrogen and oxygen atoms in total. The van der Waals surface area contributed by atoms with Crippen LogP contribution in [0.2, 0.25) is 0 Å². The first-order chi connectivity index (χ1) is 8.15. The Kier molecular flexibility index (Phi) is 2.91. The number of nitrogens with zero attached hydrogens (tertiary/aromatic N) is 1. The van der Waals surface area contributed by atoms with E-state index >= 15 is 0 Å². The lowest BCUT2D eigenvalue weighted by Crippen LogP contribution is -1.94. The van der Waals surface area contributed by atoms with Crippen LogP contribution in [-0.4, -0.2) is 19.2 Å². The Bertz CT molecular complexity index is 535. The number of aromatic nitrogens is 1. The van der Waals surface area contributed by atoms with Crippen LogP contribution in [0.4, 0.5) is 6.01 Å². The molecular weight excluding hydrogens is 220 g/mol. The summed E-state index contributed by atoms with van der Waals surface area (Å²) in [6.45, 7) is 1.95. The van der Waals surface area contributed by atoms with E-state index in [0.29, 0.717) is 11.4 Å². The Morgan fingerprint density at radius 1 is 1.24 bits per heavy atom. The van der Waals surface area contributed by atoms with Crippen LogP contribution >= 0.6 is 0 Å². The molecule has 0 spiro atoms. The van der Waals surface area contributed by atoms with Gasteiger partial charge in [0.15, 0.2) is 0 Å². The van der Waals surface area contributed by atoms with Gasteiger partial charge in [0.2, 0.25) is 0 Å². The minimum absolute atomic E-state index is 0.136. The molecular formula is C12H14N2O3. The molecule has 0 unspecified atom stereocenters. The molecule has 0 bridgehead atoms. The van der Waals surface area contributed by atoms with Crippen LogP contribution in [0.25, 0.3) is 11.3 Å². The van der Waals surface area contributed by atoms with Gasteiger partial charge in [-0.1, -0.05) is 0 Å². The standard InChI is InChI=1S/C12H14N2O3/c1-7-4-8(15-2)5-10(16-3)11(7)9-6-17-12(13)14-9/h4-6H,1-3H3,(H2,13,14). The van der Waals surface area contributed by atoms with E-state index in [1.807, 2.05) is 13.0 Å². The lowest BCUT2D eigenvalue weighted by atomic mass is 10.0. The Balaban J connectivity index is 2.60. The van der Waals surface area contributed by atoms with Crippen molar-refractivity contribution in [3.05, 3.63) is 24.0 Å². The second kappa shape index (κ2) is 4.37. The van der Waals surface area contributed by atoms with Gasteiger partial charge in [0.05, 0.1) is 14.2 Å². The number of benzene rings is 1. The zero-order valence-electron chi connectivity index (χ0n) is 9.98. The SMILES string of the molecule is COc1cc(C)c(-c2coc(N)n2)c(OC)c1. The highest BCUT2D eigenvalue weighted by atomic mass is 16.5. The summed E-state index contributed by atoms with van der Waals surface area (Å²) in [4.78, 5) is 4.10. The molecule has 5 heteroatoms. The maximum absolute atomic E-state index is 5.47. The smallest absolute Gasteiger partial charge is 0.292 e. The van der Waals surface area contributed by atoms with Crippen molar-refractivity contribution in [3.8, 4) is 22.8 Å². The van der Waals surface area contributed by atoms with E-state index in [0.717, 1.165) is 16.9 Å². The number of oxazole rings is 1. The molecule has 0 amide bonds. The molecule has 2 N–H and O–H groups in total. The van der Waals surface area contributed by atoms with Crippen molar-refractivity contribution in [1.82, 2.24) is 4.98 Å². The van der Waals surface area contributed by atoms with Crippen molar-refractivity contribution in [3.63, 3.8) is 0 Å². The predicted octanol–water partition coefficient (Wildman–Crippen LogP) is 2.25. The largest absolute Gasteiger partial charge is 0.497 e. The quantitative estimate of drug-likeness (QED) is 0.881. The van der Waals surface area contributed by atoms with Crippen LogP contribution in [-0.2, 0) is 0 Å². The van der Waals surface area contributed by atoms with Gasteiger partial charge >= 0.3 is 0 Å². The zero-order chi connectivity index (χ0) is 12.4. The van der Waals surface area contributed by atoms with Crippen LogP contribution in [0.1, 0.15) is 5.56 Å². The molecule has 2 aromatic rings. The average molecular weight is 234 g/mol. The first kappa shape index (κ1) is 11.3. The van der Waals surface area contributed by atoms with Gasteiger partial charge < -0.3 is 19.6 Å². The fourth-order valence-electron chi connectivity index (χ4n) is 1.73. The Hall–Kier alpha value is -2.17. The van der Waals surface area contributed by atoms with Gasteiger partial charge in [-0.05, 0) is 18.6 Å². The van der Waals surface area contributed by atoms with Gasteiger partial charge in [-0.2, -0.15) is 4.98 Å². The number of anilines is 1. The third-order valence-corrected chi connectivity index (χ3v) is 2.51. The second-order valence-corrected chi connectivity index (χ2v) is 3.59. The van der Waals surface area contributed by atoms with E-state index in [1.54, 1.807) is 20.3 Å². The van der Waals surface area contributed by atoms with Crippen LogP contribution in [0.5, 0.6) is 11.5 Å². The molecule has 90 valence electrons. The van der Waals surface area contributed by atoms with Gasteiger partial charge in [-0.3, -0.25) is 0 Å². The van der Waals surface area contributed by atoms with E-state index in [9.17, 15) is 0 Å². The number of rotatable bonds is 3. The number of hydrogen-bond donors (Lipinski definition) is 1. The number of nitrogens with two attached hydrogens (primary N) is 1. The summed E-state index contributed by atoms with van der Waals surface area (Å²) in [5, 5.41) is 0. The number of ether oxygens (including phenoxy) is 2. The highest BCUT2D eigenvalue weighted by Crippen LogP contribution is 2.36. The highest BCUT2D eigenvalue weighted by Gasteiger charge is 2.14. The summed E-state index contributed by atoms with van der Waals surface area (Å²) in [6.07, 6.45) is 1.51. The number of hydrogen-bond acceptors (Lipinski definition) is 5. The van der Waals surface area contributed by atoms with E-state index in [1.165, 1.54) is 6.26 Å². The molecule has 0 aliphatic rings.